The summed E-state index contributed by atoms with van der Waals surface area (Å²) >= 11 is 6.64. The van der Waals surface area contributed by atoms with Gasteiger partial charge in [-0.1, -0.05) is 6.07 Å². The third-order valence-corrected chi connectivity index (χ3v) is 4.02. The topological polar surface area (TPSA) is 12.9 Å². The number of hydrogen-bond acceptors (Lipinski definition) is 1. The van der Waals surface area contributed by atoms with Gasteiger partial charge in [-0.2, -0.15) is 0 Å². The molecule has 1 nitrogen and oxygen atoms in total. The number of benzene rings is 1. The lowest BCUT2D eigenvalue weighted by atomic mass is 10.1. The highest BCUT2D eigenvalue weighted by molar-refractivity contribution is 9.13. The Morgan fingerprint density at radius 1 is 1.29 bits per heavy atom. The number of aryl methyl sites for hydroxylation is 1. The zero-order valence-corrected chi connectivity index (χ0v) is 10.5. The molecule has 2 aromatic rings. The van der Waals surface area contributed by atoms with Crippen molar-refractivity contribution in [2.24, 2.45) is 0 Å². The van der Waals surface area contributed by atoms with Crippen molar-refractivity contribution in [3.63, 3.8) is 0 Å². The molecule has 2 rings (SSSR count). The van der Waals surface area contributed by atoms with Crippen LogP contribution in [0.15, 0.2) is 27.3 Å². The first-order valence-electron chi connectivity index (χ1n) is 4.00. The third kappa shape index (κ3) is 1.46. The summed E-state index contributed by atoms with van der Waals surface area (Å²) in [5.74, 6) is -0.258. The second kappa shape index (κ2) is 3.59. The van der Waals surface area contributed by atoms with Crippen LogP contribution in [0.2, 0.25) is 0 Å². The maximum absolute atomic E-state index is 13.5. The van der Waals surface area contributed by atoms with Crippen LogP contribution in [0.25, 0.3) is 10.9 Å². The molecule has 72 valence electrons. The zero-order chi connectivity index (χ0) is 10.3. The molecular weight excluding hydrogens is 313 g/mol. The van der Waals surface area contributed by atoms with E-state index in [9.17, 15) is 4.39 Å². The fourth-order valence-corrected chi connectivity index (χ4v) is 2.12. The molecule has 4 heteroatoms. The molecule has 0 spiro atoms. The first-order valence-corrected chi connectivity index (χ1v) is 5.58. The van der Waals surface area contributed by atoms with Crippen molar-refractivity contribution in [3.8, 4) is 0 Å². The van der Waals surface area contributed by atoms with Gasteiger partial charge in [-0.05, 0) is 50.4 Å². The SMILES string of the molecule is Cc1ccc(F)c2c(Br)c(Br)cnc12. The van der Waals surface area contributed by atoms with Crippen LogP contribution < -0.4 is 0 Å². The van der Waals surface area contributed by atoms with E-state index in [1.54, 1.807) is 12.3 Å². The first kappa shape index (κ1) is 10.1. The van der Waals surface area contributed by atoms with E-state index in [-0.39, 0.29) is 5.82 Å². The summed E-state index contributed by atoms with van der Waals surface area (Å²) in [6.45, 7) is 1.91. The highest BCUT2D eigenvalue weighted by Gasteiger charge is 2.10. The van der Waals surface area contributed by atoms with Gasteiger partial charge in [0.05, 0.1) is 15.4 Å². The first-order chi connectivity index (χ1) is 6.61. The summed E-state index contributed by atoms with van der Waals surface area (Å²) in [5.41, 5.74) is 1.66. The molecule has 0 bridgehead atoms. The van der Waals surface area contributed by atoms with Crippen molar-refractivity contribution in [2.75, 3.05) is 0 Å². The van der Waals surface area contributed by atoms with Crippen LogP contribution in [0, 0.1) is 12.7 Å². The summed E-state index contributed by atoms with van der Waals surface area (Å²) in [7, 11) is 0. The largest absolute Gasteiger partial charge is 0.255 e. The zero-order valence-electron chi connectivity index (χ0n) is 7.31. The van der Waals surface area contributed by atoms with Crippen LogP contribution in [0.3, 0.4) is 0 Å². The standard InChI is InChI=1S/C10H6Br2FN/c1-5-2-3-7(13)8-9(12)6(11)4-14-10(5)8/h2-4H,1H3. The Labute approximate surface area is 97.6 Å². The molecule has 0 saturated carbocycles. The van der Waals surface area contributed by atoms with Gasteiger partial charge in [0.25, 0.3) is 0 Å². The van der Waals surface area contributed by atoms with Crippen LogP contribution >= 0.6 is 31.9 Å². The number of fused-ring (bicyclic) bond motifs is 1. The summed E-state index contributed by atoms with van der Waals surface area (Å²) in [5, 5.41) is 0.527. The normalized spacial score (nSPS) is 10.9. The van der Waals surface area contributed by atoms with E-state index in [0.29, 0.717) is 15.4 Å². The van der Waals surface area contributed by atoms with E-state index in [4.69, 9.17) is 0 Å². The minimum atomic E-state index is -0.258. The number of rotatable bonds is 0. The maximum Gasteiger partial charge on any atom is 0.133 e. The van der Waals surface area contributed by atoms with Gasteiger partial charge in [-0.25, -0.2) is 4.39 Å². The Morgan fingerprint density at radius 2 is 2.00 bits per heavy atom. The molecule has 14 heavy (non-hydrogen) atoms. The minimum Gasteiger partial charge on any atom is -0.255 e. The van der Waals surface area contributed by atoms with Crippen LogP contribution in [-0.4, -0.2) is 4.98 Å². The summed E-state index contributed by atoms with van der Waals surface area (Å²) in [4.78, 5) is 4.19. The molecule has 0 N–H and O–H groups in total. The quantitative estimate of drug-likeness (QED) is 0.709. The lowest BCUT2D eigenvalue weighted by Crippen LogP contribution is -1.89. The number of hydrogen-bond donors (Lipinski definition) is 0. The Balaban J connectivity index is 3.01. The molecular formula is C10H6Br2FN. The van der Waals surface area contributed by atoms with Crippen LogP contribution in [0.5, 0.6) is 0 Å². The van der Waals surface area contributed by atoms with Gasteiger partial charge in [0.15, 0.2) is 0 Å². The van der Waals surface area contributed by atoms with Crippen molar-refractivity contribution < 1.29 is 4.39 Å². The lowest BCUT2D eigenvalue weighted by Gasteiger charge is -2.05. The minimum absolute atomic E-state index is 0.258. The second-order valence-electron chi connectivity index (χ2n) is 3.01. The van der Waals surface area contributed by atoms with E-state index in [0.717, 1.165) is 10.0 Å². The van der Waals surface area contributed by atoms with Gasteiger partial charge in [0.2, 0.25) is 0 Å². The molecule has 1 aromatic heterocycles. The van der Waals surface area contributed by atoms with Crippen LogP contribution in [0.1, 0.15) is 5.56 Å². The number of nitrogens with zero attached hydrogens (tertiary/aromatic N) is 1. The van der Waals surface area contributed by atoms with Crippen molar-refractivity contribution in [3.05, 3.63) is 38.7 Å². The van der Waals surface area contributed by atoms with Gasteiger partial charge in [-0.15, -0.1) is 0 Å². The molecule has 0 aliphatic rings. The van der Waals surface area contributed by atoms with Crippen molar-refractivity contribution in [2.45, 2.75) is 6.92 Å². The highest BCUT2D eigenvalue weighted by atomic mass is 79.9. The average molecular weight is 319 g/mol. The van der Waals surface area contributed by atoms with Gasteiger partial charge >= 0.3 is 0 Å². The Hall–Kier alpha value is -0.480. The van der Waals surface area contributed by atoms with Gasteiger partial charge < -0.3 is 0 Å². The molecule has 0 unspecified atom stereocenters. The van der Waals surface area contributed by atoms with Crippen LogP contribution in [0.4, 0.5) is 4.39 Å². The summed E-state index contributed by atoms with van der Waals surface area (Å²) in [6.07, 6.45) is 1.67. The monoisotopic (exact) mass is 317 g/mol. The van der Waals surface area contributed by atoms with E-state index in [1.807, 2.05) is 6.92 Å². The molecule has 0 aliphatic heterocycles. The van der Waals surface area contributed by atoms with Gasteiger partial charge in [-0.3, -0.25) is 4.98 Å². The molecule has 0 amide bonds. The second-order valence-corrected chi connectivity index (χ2v) is 4.66. The Kier molecular flexibility index (Phi) is 2.58. The predicted molar refractivity (Wildman–Crippen MR) is 61.8 cm³/mol. The van der Waals surface area contributed by atoms with Crippen molar-refractivity contribution in [1.82, 2.24) is 4.98 Å². The molecule has 0 aliphatic carbocycles. The summed E-state index contributed by atoms with van der Waals surface area (Å²) < 4.78 is 15.0. The van der Waals surface area contributed by atoms with E-state index < -0.39 is 0 Å². The van der Waals surface area contributed by atoms with E-state index >= 15 is 0 Å². The van der Waals surface area contributed by atoms with Gasteiger partial charge in [0, 0.05) is 10.7 Å². The Bertz CT molecular complexity index is 511. The molecule has 1 heterocycles. The number of pyridine rings is 1. The molecule has 0 saturated heterocycles. The van der Waals surface area contributed by atoms with Gasteiger partial charge in [0.1, 0.15) is 5.82 Å². The predicted octanol–water partition coefficient (Wildman–Crippen LogP) is 4.21. The number of aromatic nitrogens is 1. The lowest BCUT2D eigenvalue weighted by molar-refractivity contribution is 0.638. The average Bonchev–Trinajstić information content (AvgIpc) is 2.16. The number of halogens is 3. The summed E-state index contributed by atoms with van der Waals surface area (Å²) in [6, 6.07) is 3.18. The molecule has 1 aromatic carbocycles. The molecule has 0 fully saturated rings. The molecule has 0 atom stereocenters. The van der Waals surface area contributed by atoms with E-state index in [1.165, 1.54) is 6.07 Å². The fourth-order valence-electron chi connectivity index (χ4n) is 1.34. The Morgan fingerprint density at radius 3 is 2.71 bits per heavy atom. The maximum atomic E-state index is 13.5. The highest BCUT2D eigenvalue weighted by Crippen LogP contribution is 2.32. The smallest absolute Gasteiger partial charge is 0.133 e. The molecule has 0 radical (unpaired) electrons. The van der Waals surface area contributed by atoms with Crippen LogP contribution in [-0.2, 0) is 0 Å². The third-order valence-electron chi connectivity index (χ3n) is 2.06. The van der Waals surface area contributed by atoms with Crippen molar-refractivity contribution in [1.29, 1.82) is 0 Å². The fraction of sp³-hybridized carbons (Fsp3) is 0.100. The van der Waals surface area contributed by atoms with Crippen molar-refractivity contribution >= 4 is 42.8 Å². The van der Waals surface area contributed by atoms with E-state index in [2.05, 4.69) is 36.8 Å².